The maximum absolute atomic E-state index is 11.5. The molecule has 0 bridgehead atoms. The fourth-order valence-electron chi connectivity index (χ4n) is 1.07. The van der Waals surface area contributed by atoms with Crippen molar-refractivity contribution in [3.8, 4) is 0 Å². The van der Waals surface area contributed by atoms with E-state index in [0.29, 0.717) is 0 Å². The van der Waals surface area contributed by atoms with Crippen molar-refractivity contribution in [2.75, 3.05) is 13.1 Å². The first-order valence-corrected chi connectivity index (χ1v) is 4.73. The molecule has 7 nitrogen and oxygen atoms in total. The van der Waals surface area contributed by atoms with Gasteiger partial charge in [0.2, 0.25) is 5.15 Å². The minimum Gasteiger partial charge on any atom is -0.351 e. The molecule has 86 valence electrons. The van der Waals surface area contributed by atoms with Gasteiger partial charge in [-0.05, 0) is 6.07 Å². The molecule has 0 aromatic carbocycles. The second-order valence-electron chi connectivity index (χ2n) is 2.80. The van der Waals surface area contributed by atoms with Crippen LogP contribution in [0.1, 0.15) is 10.4 Å². The zero-order valence-electron chi connectivity index (χ0n) is 8.14. The number of nitrogens with one attached hydrogen (secondary N) is 1. The molecule has 1 aromatic heterocycles. The van der Waals surface area contributed by atoms with Crippen molar-refractivity contribution in [1.29, 1.82) is 0 Å². The van der Waals surface area contributed by atoms with Gasteiger partial charge in [-0.25, -0.2) is 4.98 Å². The smallest absolute Gasteiger partial charge is 0.319 e. The SMILES string of the molecule is NCCNC(=O)c1ccnc(Cl)c1[N+](=O)[O-]. The van der Waals surface area contributed by atoms with Crippen molar-refractivity contribution in [2.24, 2.45) is 5.73 Å². The molecular formula is C8H9ClN4O3. The number of aromatic nitrogens is 1. The molecule has 8 heteroatoms. The molecule has 0 atom stereocenters. The van der Waals surface area contributed by atoms with Crippen LogP contribution in [-0.2, 0) is 0 Å². The van der Waals surface area contributed by atoms with Crippen LogP contribution in [0, 0.1) is 10.1 Å². The number of nitro groups is 1. The highest BCUT2D eigenvalue weighted by Gasteiger charge is 2.24. The fraction of sp³-hybridized carbons (Fsp3) is 0.250. The van der Waals surface area contributed by atoms with E-state index in [0.717, 1.165) is 0 Å². The summed E-state index contributed by atoms with van der Waals surface area (Å²) in [6, 6.07) is 1.23. The molecule has 1 heterocycles. The van der Waals surface area contributed by atoms with Crippen LogP contribution in [-0.4, -0.2) is 28.9 Å². The number of halogens is 1. The van der Waals surface area contributed by atoms with Gasteiger partial charge >= 0.3 is 5.69 Å². The van der Waals surface area contributed by atoms with Gasteiger partial charge < -0.3 is 11.1 Å². The molecule has 0 radical (unpaired) electrons. The highest BCUT2D eigenvalue weighted by Crippen LogP contribution is 2.25. The number of hydrogen-bond acceptors (Lipinski definition) is 5. The summed E-state index contributed by atoms with van der Waals surface area (Å²) in [5, 5.41) is 12.8. The van der Waals surface area contributed by atoms with Crippen molar-refractivity contribution < 1.29 is 9.72 Å². The topological polar surface area (TPSA) is 111 Å². The molecule has 0 aliphatic heterocycles. The summed E-state index contributed by atoms with van der Waals surface area (Å²) in [7, 11) is 0. The third-order valence-electron chi connectivity index (χ3n) is 1.74. The van der Waals surface area contributed by atoms with E-state index in [4.69, 9.17) is 17.3 Å². The Kier molecular flexibility index (Phi) is 4.15. The number of rotatable bonds is 4. The van der Waals surface area contributed by atoms with E-state index in [-0.39, 0.29) is 23.8 Å². The summed E-state index contributed by atoms with van der Waals surface area (Å²) < 4.78 is 0. The molecule has 0 aliphatic rings. The molecule has 0 unspecified atom stereocenters. The number of nitrogens with two attached hydrogens (primary N) is 1. The Hall–Kier alpha value is -1.73. The molecule has 1 amide bonds. The average Bonchev–Trinajstić information content (AvgIpc) is 2.24. The Balaban J connectivity index is 3.08. The van der Waals surface area contributed by atoms with Gasteiger partial charge in [-0.1, -0.05) is 11.6 Å². The monoisotopic (exact) mass is 244 g/mol. The van der Waals surface area contributed by atoms with Crippen LogP contribution in [0.15, 0.2) is 12.3 Å². The number of amides is 1. The second kappa shape index (κ2) is 5.38. The third kappa shape index (κ3) is 2.65. The maximum atomic E-state index is 11.5. The molecule has 0 fully saturated rings. The summed E-state index contributed by atoms with van der Waals surface area (Å²) in [4.78, 5) is 25.0. The zero-order valence-corrected chi connectivity index (χ0v) is 8.90. The standard InChI is InChI=1S/C8H9ClN4O3/c9-7-6(13(15)16)5(1-3-11-7)8(14)12-4-2-10/h1,3H,2,4,10H2,(H,12,14). The molecule has 1 rings (SSSR count). The molecular weight excluding hydrogens is 236 g/mol. The quantitative estimate of drug-likeness (QED) is 0.450. The Bertz CT molecular complexity index is 424. The first-order valence-electron chi connectivity index (χ1n) is 4.35. The van der Waals surface area contributed by atoms with Gasteiger partial charge in [0.1, 0.15) is 5.56 Å². The zero-order chi connectivity index (χ0) is 12.1. The largest absolute Gasteiger partial charge is 0.351 e. The highest BCUT2D eigenvalue weighted by molar-refractivity contribution is 6.32. The molecule has 0 aliphatic carbocycles. The van der Waals surface area contributed by atoms with Crippen LogP contribution >= 0.6 is 11.6 Å². The van der Waals surface area contributed by atoms with Crippen LogP contribution in [0.25, 0.3) is 0 Å². The summed E-state index contributed by atoms with van der Waals surface area (Å²) in [5.41, 5.74) is 4.57. The Morgan fingerprint density at radius 1 is 1.69 bits per heavy atom. The van der Waals surface area contributed by atoms with Crippen molar-refractivity contribution in [2.45, 2.75) is 0 Å². The minimum atomic E-state index is -0.743. The summed E-state index contributed by atoms with van der Waals surface area (Å²) in [6.45, 7) is 0.480. The molecule has 16 heavy (non-hydrogen) atoms. The second-order valence-corrected chi connectivity index (χ2v) is 3.16. The van der Waals surface area contributed by atoms with Gasteiger partial charge in [0.15, 0.2) is 0 Å². The summed E-state index contributed by atoms with van der Waals surface area (Å²) in [5.74, 6) is -0.596. The van der Waals surface area contributed by atoms with E-state index in [2.05, 4.69) is 10.3 Å². The van der Waals surface area contributed by atoms with E-state index in [1.807, 2.05) is 0 Å². The predicted octanol–water partition coefficient (Wildman–Crippen LogP) is 0.332. The van der Waals surface area contributed by atoms with Gasteiger partial charge in [0.05, 0.1) is 4.92 Å². The van der Waals surface area contributed by atoms with Gasteiger partial charge in [-0.15, -0.1) is 0 Å². The maximum Gasteiger partial charge on any atom is 0.319 e. The van der Waals surface area contributed by atoms with Crippen molar-refractivity contribution in [3.63, 3.8) is 0 Å². The lowest BCUT2D eigenvalue weighted by Gasteiger charge is -2.04. The highest BCUT2D eigenvalue weighted by atomic mass is 35.5. The van der Waals surface area contributed by atoms with Crippen LogP contribution in [0.2, 0.25) is 5.15 Å². The molecule has 1 aromatic rings. The first-order chi connectivity index (χ1) is 7.57. The molecule has 0 saturated carbocycles. The van der Waals surface area contributed by atoms with Crippen LogP contribution in [0.5, 0.6) is 0 Å². The Morgan fingerprint density at radius 3 is 2.94 bits per heavy atom. The number of hydrogen-bond donors (Lipinski definition) is 2. The fourth-order valence-corrected chi connectivity index (χ4v) is 1.29. The lowest BCUT2D eigenvalue weighted by molar-refractivity contribution is -0.385. The summed E-state index contributed by atoms with van der Waals surface area (Å²) in [6.07, 6.45) is 1.23. The Labute approximate surface area is 95.8 Å². The van der Waals surface area contributed by atoms with Gasteiger partial charge in [-0.3, -0.25) is 14.9 Å². The van der Waals surface area contributed by atoms with Gasteiger partial charge in [0, 0.05) is 19.3 Å². The third-order valence-corrected chi connectivity index (χ3v) is 2.01. The van der Waals surface area contributed by atoms with E-state index in [9.17, 15) is 14.9 Å². The van der Waals surface area contributed by atoms with E-state index in [1.165, 1.54) is 12.3 Å². The molecule has 0 spiro atoms. The van der Waals surface area contributed by atoms with E-state index in [1.54, 1.807) is 0 Å². The summed E-state index contributed by atoms with van der Waals surface area (Å²) >= 11 is 5.55. The Morgan fingerprint density at radius 2 is 2.38 bits per heavy atom. The minimum absolute atomic E-state index is 0.126. The van der Waals surface area contributed by atoms with E-state index >= 15 is 0 Å². The average molecular weight is 245 g/mol. The number of carbonyl (C=O) groups is 1. The van der Waals surface area contributed by atoms with Gasteiger partial charge in [-0.2, -0.15) is 0 Å². The predicted molar refractivity (Wildman–Crippen MR) is 57.3 cm³/mol. The normalized spacial score (nSPS) is 9.88. The van der Waals surface area contributed by atoms with E-state index < -0.39 is 16.5 Å². The van der Waals surface area contributed by atoms with Crippen LogP contribution in [0.4, 0.5) is 5.69 Å². The lowest BCUT2D eigenvalue weighted by atomic mass is 10.2. The number of pyridine rings is 1. The van der Waals surface area contributed by atoms with Crippen molar-refractivity contribution >= 4 is 23.2 Å². The van der Waals surface area contributed by atoms with Crippen molar-refractivity contribution in [3.05, 3.63) is 33.1 Å². The molecule has 0 saturated heterocycles. The first kappa shape index (κ1) is 12.3. The molecule has 3 N–H and O–H groups in total. The van der Waals surface area contributed by atoms with Crippen molar-refractivity contribution in [1.82, 2.24) is 10.3 Å². The lowest BCUT2D eigenvalue weighted by Crippen LogP contribution is -2.29. The van der Waals surface area contributed by atoms with Crippen LogP contribution < -0.4 is 11.1 Å². The number of nitrogens with zero attached hydrogens (tertiary/aromatic N) is 2. The number of carbonyl (C=O) groups excluding carboxylic acids is 1. The van der Waals surface area contributed by atoms with Gasteiger partial charge in [0.25, 0.3) is 5.91 Å². The van der Waals surface area contributed by atoms with Crippen LogP contribution in [0.3, 0.4) is 0 Å².